The molecule has 1 aliphatic heterocycles. The van der Waals surface area contributed by atoms with Crippen molar-refractivity contribution in [3.8, 4) is 0 Å². The largest absolute Gasteiger partial charge is 0.269 e. The molecule has 1 radical (unpaired) electrons. The van der Waals surface area contributed by atoms with Crippen molar-refractivity contribution in [1.82, 2.24) is 5.32 Å². The fraction of sp³-hybridized carbons (Fsp3) is 0.800. The van der Waals surface area contributed by atoms with Gasteiger partial charge in [0.2, 0.25) is 0 Å². The molecule has 4 nitrogen and oxygen atoms in total. The summed E-state index contributed by atoms with van der Waals surface area (Å²) in [5.41, 5.74) is 0. The molecule has 0 aromatic heterocycles. The van der Waals surface area contributed by atoms with E-state index in [1.54, 1.807) is 6.42 Å². The number of nitro groups is 1. The van der Waals surface area contributed by atoms with E-state index in [0.717, 1.165) is 19.4 Å². The molecular weight excluding hydrogens is 120 g/mol. The van der Waals surface area contributed by atoms with E-state index in [9.17, 15) is 10.1 Å². The molecule has 1 N–H and O–H groups in total. The van der Waals surface area contributed by atoms with Crippen LogP contribution in [0.15, 0.2) is 0 Å². The molecule has 0 bridgehead atoms. The zero-order valence-electron chi connectivity index (χ0n) is 5.04. The molecule has 4 heteroatoms. The highest BCUT2D eigenvalue weighted by atomic mass is 16.6. The van der Waals surface area contributed by atoms with Gasteiger partial charge in [0.1, 0.15) is 0 Å². The van der Waals surface area contributed by atoms with Crippen LogP contribution in [0.25, 0.3) is 0 Å². The van der Waals surface area contributed by atoms with Gasteiger partial charge in [-0.2, -0.15) is 0 Å². The van der Waals surface area contributed by atoms with Gasteiger partial charge in [-0.15, -0.1) is 0 Å². The topological polar surface area (TPSA) is 55.2 Å². The molecular formula is C5H9N2O2. The van der Waals surface area contributed by atoms with E-state index in [-0.39, 0.29) is 4.92 Å². The summed E-state index contributed by atoms with van der Waals surface area (Å²) in [6.07, 6.45) is 2.98. The van der Waals surface area contributed by atoms with Crippen LogP contribution in [0.5, 0.6) is 0 Å². The molecule has 51 valence electrons. The summed E-state index contributed by atoms with van der Waals surface area (Å²) in [4.78, 5) is 9.76. The van der Waals surface area contributed by atoms with Gasteiger partial charge in [0.25, 0.3) is 6.17 Å². The van der Waals surface area contributed by atoms with Gasteiger partial charge in [-0.05, 0) is 12.8 Å². The normalized spacial score (nSPS) is 27.8. The molecule has 1 aliphatic rings. The van der Waals surface area contributed by atoms with Crippen molar-refractivity contribution < 1.29 is 4.92 Å². The number of nitrogens with zero attached hydrogens (tertiary/aromatic N) is 1. The van der Waals surface area contributed by atoms with Crippen LogP contribution >= 0.6 is 0 Å². The predicted octanol–water partition coefficient (Wildman–Crippen LogP) is 0.177. The van der Waals surface area contributed by atoms with Gasteiger partial charge in [-0.25, -0.2) is 0 Å². The summed E-state index contributed by atoms with van der Waals surface area (Å²) in [5, 5.41) is 12.8. The van der Waals surface area contributed by atoms with Gasteiger partial charge in [0.15, 0.2) is 0 Å². The molecule has 1 saturated heterocycles. The van der Waals surface area contributed by atoms with Crippen molar-refractivity contribution in [2.24, 2.45) is 0 Å². The van der Waals surface area contributed by atoms with Crippen molar-refractivity contribution in [1.29, 1.82) is 0 Å². The first kappa shape index (κ1) is 6.48. The van der Waals surface area contributed by atoms with E-state index in [2.05, 4.69) is 5.32 Å². The Morgan fingerprint density at radius 2 is 2.56 bits per heavy atom. The molecule has 0 spiro atoms. The molecule has 1 unspecified atom stereocenters. The Kier molecular flexibility index (Phi) is 2.00. The van der Waals surface area contributed by atoms with E-state index < -0.39 is 6.17 Å². The summed E-state index contributed by atoms with van der Waals surface area (Å²) in [6, 6.07) is 0. The lowest BCUT2D eigenvalue weighted by Gasteiger charge is -2.14. The monoisotopic (exact) mass is 129 g/mol. The predicted molar refractivity (Wildman–Crippen MR) is 32.3 cm³/mol. The van der Waals surface area contributed by atoms with Gasteiger partial charge in [-0.1, -0.05) is 0 Å². The standard InChI is InChI=1S/C5H9N2O2/c8-7(9)5-3-1-2-4-6-5/h3,5-6H,1-2,4H2. The highest BCUT2D eigenvalue weighted by Gasteiger charge is 2.21. The first-order valence-corrected chi connectivity index (χ1v) is 3.01. The van der Waals surface area contributed by atoms with Crippen LogP contribution in [0.4, 0.5) is 0 Å². The highest BCUT2D eigenvalue weighted by Crippen LogP contribution is 2.04. The second-order valence-corrected chi connectivity index (χ2v) is 2.06. The van der Waals surface area contributed by atoms with Gasteiger partial charge in [0, 0.05) is 11.5 Å². The Hall–Kier alpha value is -0.640. The summed E-state index contributed by atoms with van der Waals surface area (Å²) >= 11 is 0. The zero-order valence-corrected chi connectivity index (χ0v) is 5.04. The Bertz CT molecular complexity index is 110. The second kappa shape index (κ2) is 2.77. The SMILES string of the molecule is O=[N+]([O-])C1[CH]CCCN1. The molecule has 0 saturated carbocycles. The number of piperidine rings is 1. The third kappa shape index (κ3) is 1.64. The van der Waals surface area contributed by atoms with Crippen LogP contribution in [0, 0.1) is 16.5 Å². The first-order chi connectivity index (χ1) is 4.30. The molecule has 1 rings (SSSR count). The molecule has 1 fully saturated rings. The number of rotatable bonds is 1. The molecule has 1 heterocycles. The lowest BCUT2D eigenvalue weighted by Crippen LogP contribution is -2.40. The first-order valence-electron chi connectivity index (χ1n) is 3.01. The average Bonchev–Trinajstić information content (AvgIpc) is 1.90. The highest BCUT2D eigenvalue weighted by molar-refractivity contribution is 4.79. The minimum atomic E-state index is -0.598. The van der Waals surface area contributed by atoms with Gasteiger partial charge < -0.3 is 0 Å². The molecule has 1 atom stereocenters. The van der Waals surface area contributed by atoms with E-state index >= 15 is 0 Å². The molecule has 0 aliphatic carbocycles. The average molecular weight is 129 g/mol. The Labute approximate surface area is 53.4 Å². The summed E-state index contributed by atoms with van der Waals surface area (Å²) < 4.78 is 0. The van der Waals surface area contributed by atoms with Crippen molar-refractivity contribution in [3.63, 3.8) is 0 Å². The van der Waals surface area contributed by atoms with Crippen LogP contribution in [0.1, 0.15) is 12.8 Å². The van der Waals surface area contributed by atoms with E-state index in [1.807, 2.05) is 0 Å². The van der Waals surface area contributed by atoms with Crippen molar-refractivity contribution in [2.75, 3.05) is 6.54 Å². The lowest BCUT2D eigenvalue weighted by atomic mass is 10.1. The van der Waals surface area contributed by atoms with Crippen LogP contribution in [0.3, 0.4) is 0 Å². The number of hydrogen-bond acceptors (Lipinski definition) is 3. The Morgan fingerprint density at radius 3 is 2.89 bits per heavy atom. The fourth-order valence-corrected chi connectivity index (χ4v) is 0.872. The van der Waals surface area contributed by atoms with Crippen LogP contribution in [0.2, 0.25) is 0 Å². The summed E-state index contributed by atoms with van der Waals surface area (Å²) in [5.74, 6) is 0. The number of hydrogen-bond donors (Lipinski definition) is 1. The second-order valence-electron chi connectivity index (χ2n) is 2.06. The minimum Gasteiger partial charge on any atom is -0.263 e. The zero-order chi connectivity index (χ0) is 6.69. The van der Waals surface area contributed by atoms with Gasteiger partial charge in [-0.3, -0.25) is 15.4 Å². The molecule has 0 aromatic carbocycles. The molecule has 0 aromatic rings. The fourth-order valence-electron chi connectivity index (χ4n) is 0.872. The van der Waals surface area contributed by atoms with Crippen molar-refractivity contribution >= 4 is 0 Å². The minimum absolute atomic E-state index is 0.306. The maximum Gasteiger partial charge on any atom is 0.269 e. The summed E-state index contributed by atoms with van der Waals surface area (Å²) in [6.45, 7) is 0.766. The maximum absolute atomic E-state index is 10.1. The third-order valence-corrected chi connectivity index (χ3v) is 1.35. The molecule has 0 amide bonds. The van der Waals surface area contributed by atoms with Gasteiger partial charge in [0.05, 0.1) is 6.42 Å². The van der Waals surface area contributed by atoms with Crippen LogP contribution < -0.4 is 5.32 Å². The third-order valence-electron chi connectivity index (χ3n) is 1.35. The van der Waals surface area contributed by atoms with Gasteiger partial charge >= 0.3 is 0 Å². The summed E-state index contributed by atoms with van der Waals surface area (Å²) in [7, 11) is 0. The van der Waals surface area contributed by atoms with E-state index in [4.69, 9.17) is 0 Å². The van der Waals surface area contributed by atoms with E-state index in [0.29, 0.717) is 0 Å². The van der Waals surface area contributed by atoms with Crippen LogP contribution in [-0.2, 0) is 0 Å². The maximum atomic E-state index is 10.1. The number of nitrogens with one attached hydrogen (secondary N) is 1. The van der Waals surface area contributed by atoms with Crippen molar-refractivity contribution in [3.05, 3.63) is 16.5 Å². The van der Waals surface area contributed by atoms with E-state index in [1.165, 1.54) is 0 Å². The smallest absolute Gasteiger partial charge is 0.263 e. The quantitative estimate of drug-likeness (QED) is 0.405. The lowest BCUT2D eigenvalue weighted by molar-refractivity contribution is -0.521. The van der Waals surface area contributed by atoms with Crippen LogP contribution in [-0.4, -0.2) is 17.6 Å². The molecule has 9 heavy (non-hydrogen) atoms. The Balaban J connectivity index is 2.31. The Morgan fingerprint density at radius 1 is 1.78 bits per heavy atom. The van der Waals surface area contributed by atoms with Crippen molar-refractivity contribution in [2.45, 2.75) is 19.0 Å².